The minimum Gasteiger partial charge on any atom is -0.390 e. The predicted octanol–water partition coefficient (Wildman–Crippen LogP) is 4.36. The molecule has 0 fully saturated rings. The number of aryl methyl sites for hydroxylation is 1. The number of aliphatic hydroxyl groups is 1. The van der Waals surface area contributed by atoms with Gasteiger partial charge in [0.2, 0.25) is 0 Å². The highest BCUT2D eigenvalue weighted by atomic mass is 19.4. The van der Waals surface area contributed by atoms with Gasteiger partial charge in [0.1, 0.15) is 17.3 Å². The molecule has 2 aromatic heterocycles. The van der Waals surface area contributed by atoms with Crippen LogP contribution in [0.3, 0.4) is 0 Å². The first-order valence-corrected chi connectivity index (χ1v) is 7.21. The molecule has 0 atom stereocenters. The van der Waals surface area contributed by atoms with Gasteiger partial charge in [-0.25, -0.2) is 4.39 Å². The van der Waals surface area contributed by atoms with Gasteiger partial charge < -0.3 is 9.63 Å². The van der Waals surface area contributed by atoms with Crippen molar-refractivity contribution >= 4 is 0 Å². The van der Waals surface area contributed by atoms with Crippen molar-refractivity contribution in [2.75, 3.05) is 0 Å². The molecule has 0 saturated carbocycles. The van der Waals surface area contributed by atoms with Gasteiger partial charge in [-0.1, -0.05) is 11.2 Å². The van der Waals surface area contributed by atoms with Crippen LogP contribution < -0.4 is 0 Å². The van der Waals surface area contributed by atoms with Crippen LogP contribution in [0.4, 0.5) is 17.6 Å². The number of pyridine rings is 1. The Labute approximate surface area is 139 Å². The lowest BCUT2D eigenvalue weighted by atomic mass is 10.0. The number of alkyl halides is 3. The molecular formula is C17H12F4N2O2. The third-order valence-electron chi connectivity index (χ3n) is 3.71. The normalized spacial score (nSPS) is 11.8. The summed E-state index contributed by atoms with van der Waals surface area (Å²) in [5, 5.41) is 13.0. The number of halogens is 4. The van der Waals surface area contributed by atoms with E-state index in [4.69, 9.17) is 4.52 Å². The molecule has 0 spiro atoms. The molecule has 0 unspecified atom stereocenters. The first-order valence-electron chi connectivity index (χ1n) is 7.21. The minimum absolute atomic E-state index is 0.0380. The van der Waals surface area contributed by atoms with Gasteiger partial charge in [0.15, 0.2) is 0 Å². The van der Waals surface area contributed by atoms with Crippen LogP contribution in [0.2, 0.25) is 0 Å². The average molecular weight is 352 g/mol. The SMILES string of the molecule is Cc1onc(CO)c1-c1ccc(-c2ccc(C(F)(F)F)cc2F)nc1. The standard InChI is InChI=1S/C17H12F4N2O2/c1-9-16(15(8-24)23-25-9)10-2-5-14(22-7-10)12-4-3-11(6-13(12)18)17(19,20)21/h2-7,24H,8H2,1H3. The third-order valence-corrected chi connectivity index (χ3v) is 3.71. The molecule has 0 amide bonds. The number of benzene rings is 1. The van der Waals surface area contributed by atoms with Crippen LogP contribution in [0.5, 0.6) is 0 Å². The number of aliphatic hydroxyl groups excluding tert-OH is 1. The lowest BCUT2D eigenvalue weighted by Crippen LogP contribution is -2.05. The van der Waals surface area contributed by atoms with E-state index in [-0.39, 0.29) is 17.9 Å². The van der Waals surface area contributed by atoms with E-state index in [2.05, 4.69) is 10.1 Å². The molecule has 0 bridgehead atoms. The third kappa shape index (κ3) is 3.25. The van der Waals surface area contributed by atoms with Gasteiger partial charge in [-0.2, -0.15) is 13.2 Å². The largest absolute Gasteiger partial charge is 0.416 e. The molecule has 0 aliphatic carbocycles. The summed E-state index contributed by atoms with van der Waals surface area (Å²) in [4.78, 5) is 4.10. The van der Waals surface area contributed by atoms with Gasteiger partial charge >= 0.3 is 6.18 Å². The van der Waals surface area contributed by atoms with Crippen molar-refractivity contribution in [2.45, 2.75) is 19.7 Å². The summed E-state index contributed by atoms with van der Waals surface area (Å²) in [5.74, 6) is -0.522. The molecular weight excluding hydrogens is 340 g/mol. The Bertz CT molecular complexity index is 902. The molecule has 0 aliphatic rings. The Morgan fingerprint density at radius 1 is 1.16 bits per heavy atom. The van der Waals surface area contributed by atoms with Crippen LogP contribution in [-0.4, -0.2) is 15.2 Å². The number of hydrogen-bond acceptors (Lipinski definition) is 4. The number of rotatable bonds is 3. The van der Waals surface area contributed by atoms with Crippen LogP contribution in [0, 0.1) is 12.7 Å². The van der Waals surface area contributed by atoms with Gasteiger partial charge in [0.05, 0.1) is 23.4 Å². The van der Waals surface area contributed by atoms with Gasteiger partial charge in [-0.15, -0.1) is 0 Å². The maximum Gasteiger partial charge on any atom is 0.416 e. The van der Waals surface area contributed by atoms with Crippen molar-refractivity contribution in [3.8, 4) is 22.4 Å². The molecule has 3 rings (SSSR count). The van der Waals surface area contributed by atoms with E-state index in [0.29, 0.717) is 28.6 Å². The molecule has 130 valence electrons. The van der Waals surface area contributed by atoms with Crippen molar-refractivity contribution in [2.24, 2.45) is 0 Å². The maximum absolute atomic E-state index is 14.0. The van der Waals surface area contributed by atoms with Crippen LogP contribution in [0.15, 0.2) is 41.1 Å². The summed E-state index contributed by atoms with van der Waals surface area (Å²) in [6.07, 6.45) is -3.19. The Balaban J connectivity index is 1.97. The lowest BCUT2D eigenvalue weighted by Gasteiger charge is -2.09. The molecule has 25 heavy (non-hydrogen) atoms. The van der Waals surface area contributed by atoms with E-state index in [0.717, 1.165) is 12.1 Å². The summed E-state index contributed by atoms with van der Waals surface area (Å²) >= 11 is 0. The van der Waals surface area contributed by atoms with Crippen LogP contribution >= 0.6 is 0 Å². The van der Waals surface area contributed by atoms with E-state index in [9.17, 15) is 22.7 Å². The molecule has 2 heterocycles. The van der Waals surface area contributed by atoms with Crippen molar-refractivity contribution in [1.29, 1.82) is 0 Å². The first kappa shape index (κ1) is 17.1. The lowest BCUT2D eigenvalue weighted by molar-refractivity contribution is -0.137. The smallest absolute Gasteiger partial charge is 0.390 e. The summed E-state index contributed by atoms with van der Waals surface area (Å²) in [7, 11) is 0. The summed E-state index contributed by atoms with van der Waals surface area (Å²) in [6.45, 7) is 1.35. The van der Waals surface area contributed by atoms with Crippen molar-refractivity contribution in [3.05, 3.63) is 59.4 Å². The monoisotopic (exact) mass is 352 g/mol. The molecule has 4 nitrogen and oxygen atoms in total. The van der Waals surface area contributed by atoms with Crippen LogP contribution in [-0.2, 0) is 12.8 Å². The van der Waals surface area contributed by atoms with E-state index < -0.39 is 17.6 Å². The van der Waals surface area contributed by atoms with E-state index >= 15 is 0 Å². The molecule has 0 aliphatic heterocycles. The highest BCUT2D eigenvalue weighted by molar-refractivity contribution is 5.70. The molecule has 1 aromatic carbocycles. The van der Waals surface area contributed by atoms with Gasteiger partial charge in [0.25, 0.3) is 0 Å². The highest BCUT2D eigenvalue weighted by Crippen LogP contribution is 2.33. The summed E-state index contributed by atoms with van der Waals surface area (Å²) < 4.78 is 56.9. The van der Waals surface area contributed by atoms with Crippen LogP contribution in [0.1, 0.15) is 17.0 Å². The zero-order chi connectivity index (χ0) is 18.2. The zero-order valence-corrected chi connectivity index (χ0v) is 12.9. The van der Waals surface area contributed by atoms with E-state index in [1.54, 1.807) is 13.0 Å². The second-order valence-corrected chi connectivity index (χ2v) is 5.34. The maximum atomic E-state index is 14.0. The van der Waals surface area contributed by atoms with E-state index in [1.165, 1.54) is 12.3 Å². The summed E-state index contributed by atoms with van der Waals surface area (Å²) in [6, 6.07) is 5.39. The molecule has 8 heteroatoms. The van der Waals surface area contributed by atoms with Crippen LogP contribution in [0.25, 0.3) is 22.4 Å². The zero-order valence-electron chi connectivity index (χ0n) is 12.9. The molecule has 0 saturated heterocycles. The van der Waals surface area contributed by atoms with E-state index in [1.807, 2.05) is 0 Å². The fourth-order valence-electron chi connectivity index (χ4n) is 2.50. The highest BCUT2D eigenvalue weighted by Gasteiger charge is 2.31. The Kier molecular flexibility index (Phi) is 4.30. The molecule has 0 radical (unpaired) electrons. The Morgan fingerprint density at radius 3 is 2.48 bits per heavy atom. The second kappa shape index (κ2) is 6.29. The Hall–Kier alpha value is -2.74. The second-order valence-electron chi connectivity index (χ2n) is 5.34. The number of hydrogen-bond donors (Lipinski definition) is 1. The fraction of sp³-hybridized carbons (Fsp3) is 0.176. The average Bonchev–Trinajstić information content (AvgIpc) is 2.95. The predicted molar refractivity (Wildman–Crippen MR) is 80.8 cm³/mol. The number of nitrogens with zero attached hydrogens (tertiary/aromatic N) is 2. The van der Waals surface area contributed by atoms with Crippen molar-refractivity contribution in [3.63, 3.8) is 0 Å². The quantitative estimate of drug-likeness (QED) is 0.712. The Morgan fingerprint density at radius 2 is 1.92 bits per heavy atom. The molecule has 3 aromatic rings. The van der Waals surface area contributed by atoms with Gasteiger partial charge in [0, 0.05) is 17.3 Å². The van der Waals surface area contributed by atoms with Gasteiger partial charge in [-0.05, 0) is 31.2 Å². The van der Waals surface area contributed by atoms with Crippen molar-refractivity contribution in [1.82, 2.24) is 10.1 Å². The minimum atomic E-state index is -4.61. The topological polar surface area (TPSA) is 59.2 Å². The summed E-state index contributed by atoms with van der Waals surface area (Å²) in [5.41, 5.74) is 0.609. The first-order chi connectivity index (χ1) is 11.8. The van der Waals surface area contributed by atoms with Gasteiger partial charge in [-0.3, -0.25) is 4.98 Å². The van der Waals surface area contributed by atoms with Crippen molar-refractivity contribution < 1.29 is 27.2 Å². The number of aromatic nitrogens is 2. The molecule has 1 N–H and O–H groups in total. The fourth-order valence-corrected chi connectivity index (χ4v) is 2.50.